The molecule has 2 heteroatoms. The molecule has 0 spiro atoms. The summed E-state index contributed by atoms with van der Waals surface area (Å²) < 4.78 is 0. The highest BCUT2D eigenvalue weighted by molar-refractivity contribution is 6.23. The third-order valence-electron chi connectivity index (χ3n) is 9.18. The van der Waals surface area contributed by atoms with Crippen LogP contribution < -0.4 is 0 Å². The summed E-state index contributed by atoms with van der Waals surface area (Å²) in [6.45, 7) is 4.44. The number of hydrogen-bond acceptors (Lipinski definition) is 2. The number of carbonyl (C=O) groups is 2. The van der Waals surface area contributed by atoms with Crippen LogP contribution in [0.1, 0.15) is 128 Å². The van der Waals surface area contributed by atoms with E-state index in [0.29, 0.717) is 12.8 Å². The number of ketones is 1. The Bertz CT molecular complexity index is 1320. The standard InChI is InChI=1S/C38H50O2/c1-3-5-6-7-8-9-10-11-12-13-14-15-16-20-36(40)34(27-28-39)32(4-2)33-25-23-31-22-21-29-18-17-19-30-24-26-35(33)38(31)37(29)30/h17-19,21-26,28,32,34H,3-16,20,27H2,1-2H3. The van der Waals surface area contributed by atoms with Gasteiger partial charge in [-0.25, -0.2) is 0 Å². The Kier molecular flexibility index (Phi) is 12.0. The summed E-state index contributed by atoms with van der Waals surface area (Å²) in [6, 6.07) is 19.8. The van der Waals surface area contributed by atoms with E-state index in [1.165, 1.54) is 109 Å². The molecule has 4 aromatic rings. The average Bonchev–Trinajstić information content (AvgIpc) is 2.98. The van der Waals surface area contributed by atoms with Crippen LogP contribution in [0.4, 0.5) is 0 Å². The molecule has 0 amide bonds. The fourth-order valence-electron chi connectivity index (χ4n) is 6.93. The van der Waals surface area contributed by atoms with Crippen LogP contribution >= 0.6 is 0 Å². The highest BCUT2D eigenvalue weighted by Gasteiger charge is 2.29. The van der Waals surface area contributed by atoms with Crippen molar-refractivity contribution in [3.8, 4) is 0 Å². The molecule has 0 bridgehead atoms. The van der Waals surface area contributed by atoms with Crippen LogP contribution in [0.15, 0.2) is 54.6 Å². The van der Waals surface area contributed by atoms with Crippen molar-refractivity contribution in [1.82, 2.24) is 0 Å². The van der Waals surface area contributed by atoms with E-state index in [4.69, 9.17) is 0 Å². The summed E-state index contributed by atoms with van der Waals surface area (Å²) in [7, 11) is 0. The molecule has 2 nitrogen and oxygen atoms in total. The SMILES string of the molecule is CCCCCCCCCCCCCCCC(=O)C(CC=O)C(CC)c1ccc2ccc3cccc4ccc1c2c34. The first-order valence-electron chi connectivity index (χ1n) is 16.3. The van der Waals surface area contributed by atoms with Gasteiger partial charge in [0.25, 0.3) is 0 Å². The Morgan fingerprint density at radius 3 is 1.75 bits per heavy atom. The fourth-order valence-corrected chi connectivity index (χ4v) is 6.93. The second-order valence-corrected chi connectivity index (χ2v) is 12.0. The van der Waals surface area contributed by atoms with Gasteiger partial charge in [0.1, 0.15) is 12.1 Å². The molecule has 0 aliphatic heterocycles. The summed E-state index contributed by atoms with van der Waals surface area (Å²) in [5.41, 5.74) is 1.22. The van der Waals surface area contributed by atoms with E-state index in [0.717, 1.165) is 25.5 Å². The van der Waals surface area contributed by atoms with Gasteiger partial charge in [0.2, 0.25) is 0 Å². The zero-order valence-electron chi connectivity index (χ0n) is 25.1. The quantitative estimate of drug-likeness (QED) is 0.0637. The third kappa shape index (κ3) is 7.50. The van der Waals surface area contributed by atoms with Gasteiger partial charge in [-0.3, -0.25) is 4.79 Å². The highest BCUT2D eigenvalue weighted by atomic mass is 16.1. The monoisotopic (exact) mass is 538 g/mol. The van der Waals surface area contributed by atoms with E-state index < -0.39 is 0 Å². The van der Waals surface area contributed by atoms with Gasteiger partial charge in [-0.1, -0.05) is 145 Å². The number of hydrogen-bond donors (Lipinski definition) is 0. The normalized spacial score (nSPS) is 13.3. The van der Waals surface area contributed by atoms with E-state index in [1.54, 1.807) is 0 Å². The predicted molar refractivity (Wildman–Crippen MR) is 173 cm³/mol. The van der Waals surface area contributed by atoms with Crippen molar-refractivity contribution in [2.24, 2.45) is 5.92 Å². The Morgan fingerprint density at radius 1 is 0.650 bits per heavy atom. The summed E-state index contributed by atoms with van der Waals surface area (Å²) in [5, 5.41) is 7.58. The molecule has 0 heterocycles. The molecule has 214 valence electrons. The van der Waals surface area contributed by atoms with Crippen LogP contribution in [-0.4, -0.2) is 12.1 Å². The van der Waals surface area contributed by atoms with Gasteiger partial charge >= 0.3 is 0 Å². The van der Waals surface area contributed by atoms with E-state index in [9.17, 15) is 9.59 Å². The lowest BCUT2D eigenvalue weighted by atomic mass is 9.76. The Labute approximate surface area is 242 Å². The van der Waals surface area contributed by atoms with Crippen molar-refractivity contribution in [3.05, 3.63) is 60.2 Å². The largest absolute Gasteiger partial charge is 0.303 e. The Morgan fingerprint density at radius 2 is 1.18 bits per heavy atom. The van der Waals surface area contributed by atoms with Crippen molar-refractivity contribution >= 4 is 44.4 Å². The summed E-state index contributed by atoms with van der Waals surface area (Å²) in [5.74, 6) is 0.0928. The number of Topliss-reactive ketones (excluding diaryl/α,β-unsaturated/α-hetero) is 1. The van der Waals surface area contributed by atoms with Gasteiger partial charge in [-0.2, -0.15) is 0 Å². The number of rotatable bonds is 20. The zero-order chi connectivity index (χ0) is 28.2. The van der Waals surface area contributed by atoms with E-state index in [-0.39, 0.29) is 17.6 Å². The van der Waals surface area contributed by atoms with E-state index in [1.807, 2.05) is 0 Å². The topological polar surface area (TPSA) is 34.1 Å². The van der Waals surface area contributed by atoms with Crippen LogP contribution in [0, 0.1) is 5.92 Å². The van der Waals surface area contributed by atoms with Gasteiger partial charge in [0, 0.05) is 18.8 Å². The molecule has 0 saturated heterocycles. The lowest BCUT2D eigenvalue weighted by Crippen LogP contribution is -2.23. The van der Waals surface area contributed by atoms with Crippen molar-refractivity contribution in [2.75, 3.05) is 0 Å². The second-order valence-electron chi connectivity index (χ2n) is 12.0. The van der Waals surface area contributed by atoms with Gasteiger partial charge in [0.05, 0.1) is 0 Å². The van der Waals surface area contributed by atoms with Crippen LogP contribution in [0.5, 0.6) is 0 Å². The first-order valence-corrected chi connectivity index (χ1v) is 16.3. The molecule has 0 N–H and O–H groups in total. The van der Waals surface area contributed by atoms with Crippen molar-refractivity contribution < 1.29 is 9.59 Å². The fraction of sp³-hybridized carbons (Fsp3) is 0.526. The minimum atomic E-state index is -0.238. The summed E-state index contributed by atoms with van der Waals surface area (Å²) >= 11 is 0. The molecule has 2 unspecified atom stereocenters. The molecule has 4 rings (SSSR count). The molecular weight excluding hydrogens is 488 g/mol. The minimum absolute atomic E-state index is 0.0595. The molecule has 40 heavy (non-hydrogen) atoms. The van der Waals surface area contributed by atoms with Crippen LogP contribution in [0.2, 0.25) is 0 Å². The number of unbranched alkanes of at least 4 members (excludes halogenated alkanes) is 12. The molecule has 0 radical (unpaired) electrons. The minimum Gasteiger partial charge on any atom is -0.303 e. The molecule has 2 atom stereocenters. The first kappa shape index (κ1) is 30.2. The third-order valence-corrected chi connectivity index (χ3v) is 9.18. The molecule has 0 aliphatic rings. The predicted octanol–water partition coefficient (Wildman–Crippen LogP) is 11.3. The number of aldehydes is 1. The van der Waals surface area contributed by atoms with E-state index >= 15 is 0 Å². The number of benzene rings is 4. The van der Waals surface area contributed by atoms with Gasteiger partial charge < -0.3 is 4.79 Å². The van der Waals surface area contributed by atoms with Gasteiger partial charge in [0.15, 0.2) is 0 Å². The van der Waals surface area contributed by atoms with Crippen LogP contribution in [-0.2, 0) is 9.59 Å². The Balaban J connectivity index is 1.32. The summed E-state index contributed by atoms with van der Waals surface area (Å²) in [4.78, 5) is 25.3. The molecule has 0 aliphatic carbocycles. The smallest absolute Gasteiger partial charge is 0.137 e. The average molecular weight is 539 g/mol. The van der Waals surface area contributed by atoms with Crippen molar-refractivity contribution in [2.45, 2.75) is 122 Å². The zero-order valence-corrected chi connectivity index (χ0v) is 25.1. The van der Waals surface area contributed by atoms with Gasteiger partial charge in [-0.15, -0.1) is 0 Å². The molecular formula is C38H50O2. The lowest BCUT2D eigenvalue weighted by molar-refractivity contribution is -0.125. The maximum atomic E-state index is 13.5. The molecule has 0 saturated carbocycles. The second kappa shape index (κ2) is 15.9. The summed E-state index contributed by atoms with van der Waals surface area (Å²) in [6.07, 6.45) is 19.6. The lowest BCUT2D eigenvalue weighted by Gasteiger charge is -2.26. The van der Waals surface area contributed by atoms with Crippen molar-refractivity contribution in [3.63, 3.8) is 0 Å². The molecule has 0 fully saturated rings. The number of carbonyl (C=O) groups excluding carboxylic acids is 2. The van der Waals surface area contributed by atoms with Crippen LogP contribution in [0.3, 0.4) is 0 Å². The maximum absolute atomic E-state index is 13.5. The maximum Gasteiger partial charge on any atom is 0.137 e. The highest BCUT2D eigenvalue weighted by Crippen LogP contribution is 2.41. The van der Waals surface area contributed by atoms with E-state index in [2.05, 4.69) is 68.4 Å². The first-order chi connectivity index (χ1) is 19.7. The van der Waals surface area contributed by atoms with Gasteiger partial charge in [-0.05, 0) is 56.6 Å². The molecule has 0 aromatic heterocycles. The molecule has 4 aromatic carbocycles. The van der Waals surface area contributed by atoms with Crippen LogP contribution in [0.25, 0.3) is 32.3 Å². The Hall–Kier alpha value is -2.74. The van der Waals surface area contributed by atoms with Crippen molar-refractivity contribution in [1.29, 1.82) is 0 Å².